The van der Waals surface area contributed by atoms with Gasteiger partial charge < -0.3 is 10.6 Å². The summed E-state index contributed by atoms with van der Waals surface area (Å²) in [5, 5.41) is 6.66. The van der Waals surface area contributed by atoms with Gasteiger partial charge in [0.1, 0.15) is 0 Å². The predicted octanol–water partition coefficient (Wildman–Crippen LogP) is 8.32. The average molecular weight is 651 g/mol. The molecule has 2 N–H and O–H groups in total. The molecule has 0 spiro atoms. The van der Waals surface area contributed by atoms with Gasteiger partial charge in [0.05, 0.1) is 5.41 Å². The van der Waals surface area contributed by atoms with Crippen molar-refractivity contribution < 1.29 is 9.59 Å². The Labute approximate surface area is 288 Å². The van der Waals surface area contributed by atoms with E-state index in [1.165, 1.54) is 77.3 Å². The molecule has 4 heterocycles. The van der Waals surface area contributed by atoms with E-state index in [0.29, 0.717) is 24.2 Å². The van der Waals surface area contributed by atoms with Crippen LogP contribution in [0.4, 0.5) is 0 Å². The Kier molecular flexibility index (Phi) is 9.17. The SMILES string of the molecule is CC(C)(CC(=O)NC1CCC(CCN2C3CC[C@@H]2c2ccccc23)CC1)C(=O)NC1CCC(CCN2[C@@H]3CC[C@H]2c2ccccc23)CC1. The fraction of sp³-hybridized carbons (Fsp3) is 0.667. The zero-order chi connectivity index (χ0) is 32.8. The van der Waals surface area contributed by atoms with Crippen molar-refractivity contribution in [2.75, 3.05) is 13.1 Å². The number of carbonyl (C=O) groups is 2. The van der Waals surface area contributed by atoms with Gasteiger partial charge in [0.15, 0.2) is 0 Å². The number of fused-ring (bicyclic) bond motifs is 10. The molecule has 2 saturated heterocycles. The normalized spacial score (nSPS) is 32.6. The summed E-state index contributed by atoms with van der Waals surface area (Å²) in [4.78, 5) is 32.1. The molecular weight excluding hydrogens is 592 g/mol. The molecule has 4 atom stereocenters. The van der Waals surface area contributed by atoms with E-state index in [4.69, 9.17) is 0 Å². The van der Waals surface area contributed by atoms with Gasteiger partial charge in [-0.1, -0.05) is 62.4 Å². The molecule has 0 aromatic heterocycles. The van der Waals surface area contributed by atoms with Crippen molar-refractivity contribution in [1.29, 1.82) is 0 Å². The third-order valence-electron chi connectivity index (χ3n) is 13.7. The third kappa shape index (κ3) is 6.37. The van der Waals surface area contributed by atoms with E-state index in [-0.39, 0.29) is 30.3 Å². The van der Waals surface area contributed by atoms with Crippen LogP contribution in [0.3, 0.4) is 0 Å². The minimum atomic E-state index is -0.700. The Morgan fingerprint density at radius 1 is 0.583 bits per heavy atom. The summed E-state index contributed by atoms with van der Waals surface area (Å²) in [6.45, 7) is 6.28. The monoisotopic (exact) mass is 650 g/mol. The van der Waals surface area contributed by atoms with Gasteiger partial charge in [-0.3, -0.25) is 19.4 Å². The minimum absolute atomic E-state index is 0.0340. The molecule has 4 bridgehead atoms. The molecular formula is C42H58N4O2. The molecule has 48 heavy (non-hydrogen) atoms. The van der Waals surface area contributed by atoms with Crippen LogP contribution in [0, 0.1) is 17.3 Å². The highest BCUT2D eigenvalue weighted by molar-refractivity contribution is 5.88. The molecule has 6 nitrogen and oxygen atoms in total. The lowest BCUT2D eigenvalue weighted by Gasteiger charge is -2.34. The zero-order valence-electron chi connectivity index (χ0n) is 29.5. The molecule has 6 aliphatic rings. The second kappa shape index (κ2) is 13.5. The second-order valence-corrected chi connectivity index (χ2v) is 17.1. The maximum absolute atomic E-state index is 13.4. The Bertz CT molecular complexity index is 1410. The molecule has 2 aromatic rings. The van der Waals surface area contributed by atoms with Crippen molar-refractivity contribution in [3.05, 3.63) is 70.8 Å². The number of carbonyl (C=O) groups excluding carboxylic acids is 2. The molecule has 258 valence electrons. The highest BCUT2D eigenvalue weighted by Gasteiger charge is 2.44. The zero-order valence-corrected chi connectivity index (χ0v) is 29.5. The molecule has 2 aliphatic carbocycles. The smallest absolute Gasteiger partial charge is 0.226 e. The van der Waals surface area contributed by atoms with Crippen molar-refractivity contribution in [3.63, 3.8) is 0 Å². The van der Waals surface area contributed by atoms with Gasteiger partial charge in [-0.15, -0.1) is 0 Å². The summed E-state index contributed by atoms with van der Waals surface area (Å²) in [5.41, 5.74) is 5.60. The lowest BCUT2D eigenvalue weighted by Crippen LogP contribution is -2.47. The van der Waals surface area contributed by atoms with Crippen molar-refractivity contribution >= 4 is 11.8 Å². The topological polar surface area (TPSA) is 64.7 Å². The van der Waals surface area contributed by atoms with Gasteiger partial charge >= 0.3 is 0 Å². The average Bonchev–Trinajstić information content (AvgIpc) is 3.85. The van der Waals surface area contributed by atoms with E-state index < -0.39 is 5.41 Å². The number of hydrogen-bond donors (Lipinski definition) is 2. The number of benzene rings is 2. The van der Waals surface area contributed by atoms with Crippen LogP contribution in [-0.4, -0.2) is 46.8 Å². The summed E-state index contributed by atoms with van der Waals surface area (Å²) in [5.74, 6) is 1.58. The Morgan fingerprint density at radius 2 is 0.958 bits per heavy atom. The molecule has 4 fully saturated rings. The highest BCUT2D eigenvalue weighted by Crippen LogP contribution is 2.54. The van der Waals surface area contributed by atoms with Gasteiger partial charge in [0, 0.05) is 42.7 Å². The first kappa shape index (κ1) is 32.5. The minimum Gasteiger partial charge on any atom is -0.353 e. The lowest BCUT2D eigenvalue weighted by molar-refractivity contribution is -0.135. The first-order valence-electron chi connectivity index (χ1n) is 19.6. The van der Waals surface area contributed by atoms with Crippen LogP contribution in [0.5, 0.6) is 0 Å². The van der Waals surface area contributed by atoms with Crippen LogP contribution < -0.4 is 10.6 Å². The first-order chi connectivity index (χ1) is 23.3. The van der Waals surface area contributed by atoms with E-state index >= 15 is 0 Å². The van der Waals surface area contributed by atoms with Crippen molar-refractivity contribution in [1.82, 2.24) is 20.4 Å². The van der Waals surface area contributed by atoms with E-state index in [1.807, 2.05) is 13.8 Å². The molecule has 2 saturated carbocycles. The first-order valence-corrected chi connectivity index (χ1v) is 19.6. The van der Waals surface area contributed by atoms with Gasteiger partial charge in [0.2, 0.25) is 11.8 Å². The van der Waals surface area contributed by atoms with Crippen LogP contribution >= 0.6 is 0 Å². The maximum Gasteiger partial charge on any atom is 0.226 e. The molecule has 6 heteroatoms. The van der Waals surface area contributed by atoms with Crippen LogP contribution in [0.1, 0.15) is 157 Å². The number of amides is 2. The van der Waals surface area contributed by atoms with Crippen LogP contribution in [0.15, 0.2) is 48.5 Å². The van der Waals surface area contributed by atoms with Crippen LogP contribution in [0.25, 0.3) is 0 Å². The van der Waals surface area contributed by atoms with Gasteiger partial charge in [-0.2, -0.15) is 0 Å². The standard InChI is InChI=1S/C42H58N4O2/c1-42(2,41(48)44-31-17-13-29(14-18-31)24-26-46-38-21-22-39(46)35-10-6-5-9-34(35)38)27-40(47)43-30-15-11-28(12-16-30)23-25-45-36-19-20-37(45)33-8-4-3-7-32(33)36/h3-10,28-31,36-39H,11-27H2,1-2H3,(H,43,47)(H,44,48)/t28?,29?,30?,31?,36-,37?,38-,39+/m1/s1. The van der Waals surface area contributed by atoms with E-state index in [2.05, 4.69) is 69.0 Å². The Balaban J connectivity index is 0.719. The quantitative estimate of drug-likeness (QED) is 0.257. The Hall–Kier alpha value is -2.70. The fourth-order valence-corrected chi connectivity index (χ4v) is 10.9. The summed E-state index contributed by atoms with van der Waals surface area (Å²) >= 11 is 0. The van der Waals surface area contributed by atoms with E-state index in [1.54, 1.807) is 22.3 Å². The maximum atomic E-state index is 13.4. The van der Waals surface area contributed by atoms with E-state index in [9.17, 15) is 9.59 Å². The molecule has 4 aliphatic heterocycles. The molecule has 0 radical (unpaired) electrons. The Morgan fingerprint density at radius 3 is 1.35 bits per heavy atom. The largest absolute Gasteiger partial charge is 0.353 e. The number of nitrogens with zero attached hydrogens (tertiary/aromatic N) is 2. The van der Waals surface area contributed by atoms with Gasteiger partial charge in [-0.05, 0) is 137 Å². The predicted molar refractivity (Wildman–Crippen MR) is 191 cm³/mol. The summed E-state index contributed by atoms with van der Waals surface area (Å²) in [6.07, 6.45) is 17.0. The fourth-order valence-electron chi connectivity index (χ4n) is 10.9. The van der Waals surface area contributed by atoms with E-state index in [0.717, 1.165) is 37.5 Å². The van der Waals surface area contributed by atoms with Crippen molar-refractivity contribution in [3.8, 4) is 0 Å². The van der Waals surface area contributed by atoms with Crippen molar-refractivity contribution in [2.24, 2.45) is 17.3 Å². The number of nitrogens with one attached hydrogen (secondary N) is 2. The highest BCUT2D eigenvalue weighted by atomic mass is 16.2. The lowest BCUT2D eigenvalue weighted by atomic mass is 9.82. The number of hydrogen-bond acceptors (Lipinski definition) is 4. The third-order valence-corrected chi connectivity index (χ3v) is 13.7. The summed E-state index contributed by atoms with van der Waals surface area (Å²) in [6, 6.07) is 21.2. The summed E-state index contributed by atoms with van der Waals surface area (Å²) in [7, 11) is 0. The summed E-state index contributed by atoms with van der Waals surface area (Å²) < 4.78 is 0. The molecule has 1 unspecified atom stereocenters. The second-order valence-electron chi connectivity index (χ2n) is 17.1. The molecule has 2 amide bonds. The molecule has 2 aromatic carbocycles. The van der Waals surface area contributed by atoms with Gasteiger partial charge in [-0.25, -0.2) is 0 Å². The molecule has 8 rings (SSSR count). The number of rotatable bonds is 11. The van der Waals surface area contributed by atoms with Crippen molar-refractivity contribution in [2.45, 2.75) is 146 Å². The van der Waals surface area contributed by atoms with Crippen LogP contribution in [0.2, 0.25) is 0 Å². The van der Waals surface area contributed by atoms with Gasteiger partial charge in [0.25, 0.3) is 0 Å². The van der Waals surface area contributed by atoms with Crippen LogP contribution in [-0.2, 0) is 9.59 Å².